The predicted molar refractivity (Wildman–Crippen MR) is 254 cm³/mol. The van der Waals surface area contributed by atoms with Gasteiger partial charge in [-0.3, -0.25) is 0 Å². The molecule has 1 atom stereocenters. The number of hydrogen-bond acceptors (Lipinski definition) is 2. The molecule has 1 unspecified atom stereocenters. The van der Waals surface area contributed by atoms with Crippen LogP contribution < -0.4 is 0 Å². The van der Waals surface area contributed by atoms with E-state index in [1.807, 2.05) is 6.07 Å². The molecule has 12 rings (SSSR count). The van der Waals surface area contributed by atoms with Crippen LogP contribution in [-0.4, -0.2) is 9.97 Å². The van der Waals surface area contributed by atoms with Crippen molar-refractivity contribution in [1.82, 2.24) is 9.97 Å². The van der Waals surface area contributed by atoms with Crippen molar-refractivity contribution in [2.24, 2.45) is 0 Å². The van der Waals surface area contributed by atoms with Gasteiger partial charge in [-0.05, 0) is 114 Å². The van der Waals surface area contributed by atoms with E-state index in [1.54, 1.807) is 0 Å². The highest BCUT2D eigenvalue weighted by atomic mass is 14.9. The predicted octanol–water partition coefficient (Wildman–Crippen LogP) is 15.1. The summed E-state index contributed by atoms with van der Waals surface area (Å²) >= 11 is 0. The van der Waals surface area contributed by atoms with Crippen LogP contribution in [0, 0.1) is 0 Å². The topological polar surface area (TPSA) is 25.8 Å². The Labute approximate surface area is 356 Å². The summed E-state index contributed by atoms with van der Waals surface area (Å²) in [5, 5.41) is 4.92. The van der Waals surface area contributed by atoms with Crippen molar-refractivity contribution in [3.63, 3.8) is 0 Å². The van der Waals surface area contributed by atoms with Crippen molar-refractivity contribution in [2.75, 3.05) is 0 Å². The van der Waals surface area contributed by atoms with E-state index < -0.39 is 0 Å². The van der Waals surface area contributed by atoms with Gasteiger partial charge in [0.15, 0.2) is 5.82 Å². The molecule has 10 aromatic rings. The van der Waals surface area contributed by atoms with Crippen LogP contribution in [-0.2, 0) is 10.8 Å². The molecule has 0 fully saturated rings. The standard InChI is InChI=1S/C59H42N2/c1-58(2)51-28-16-26-48(56(51)49-33-38-19-10-11-20-39(38)34-52(49)58)44-31-32-47(43-24-13-12-23-42(43)44)55-36-54(60-57(61-55)37-17-6-4-7-18-37)40-29-30-46-45-25-14-15-27-50(45)59(3,53(46)35-40)41-21-8-5-9-22-41/h4-36H,1-3H3. The zero-order valence-electron chi connectivity index (χ0n) is 34.4. The van der Waals surface area contributed by atoms with Crippen LogP contribution >= 0.6 is 0 Å². The lowest BCUT2D eigenvalue weighted by molar-refractivity contribution is 0.661. The van der Waals surface area contributed by atoms with Gasteiger partial charge < -0.3 is 0 Å². The number of benzene rings is 9. The third kappa shape index (κ3) is 5.28. The highest BCUT2D eigenvalue weighted by molar-refractivity contribution is 6.08. The first kappa shape index (κ1) is 35.5. The fourth-order valence-corrected chi connectivity index (χ4v) is 10.6. The molecular formula is C59H42N2. The zero-order chi connectivity index (χ0) is 40.9. The number of rotatable bonds is 5. The maximum Gasteiger partial charge on any atom is 0.160 e. The van der Waals surface area contributed by atoms with E-state index in [1.165, 1.54) is 82.7 Å². The number of aromatic nitrogens is 2. The van der Waals surface area contributed by atoms with Gasteiger partial charge in [-0.15, -0.1) is 0 Å². The normalized spacial score (nSPS) is 15.7. The molecule has 2 aliphatic rings. The molecule has 2 heteroatoms. The lowest BCUT2D eigenvalue weighted by atomic mass is 9.74. The largest absolute Gasteiger partial charge is 0.228 e. The average molecular weight is 779 g/mol. The molecule has 0 amide bonds. The molecular weight excluding hydrogens is 737 g/mol. The molecule has 0 bridgehead atoms. The molecule has 0 saturated carbocycles. The zero-order valence-corrected chi connectivity index (χ0v) is 34.4. The van der Waals surface area contributed by atoms with Crippen LogP contribution in [0.5, 0.6) is 0 Å². The van der Waals surface area contributed by atoms with E-state index in [2.05, 4.69) is 215 Å². The molecule has 61 heavy (non-hydrogen) atoms. The van der Waals surface area contributed by atoms with E-state index >= 15 is 0 Å². The lowest BCUT2D eigenvalue weighted by Crippen LogP contribution is -2.22. The van der Waals surface area contributed by atoms with Crippen LogP contribution in [0.2, 0.25) is 0 Å². The van der Waals surface area contributed by atoms with E-state index in [0.29, 0.717) is 5.82 Å². The SMILES string of the molecule is CC1(C)c2cc3ccccc3cc2-c2c(-c3ccc(-c4cc(-c5ccc6c(c5)C(C)(c5ccccc5)c5ccccc5-6)nc(-c5ccccc5)n4)c4ccccc34)cccc21. The Balaban J connectivity index is 1.05. The monoisotopic (exact) mass is 778 g/mol. The Morgan fingerprint density at radius 1 is 0.344 bits per heavy atom. The molecule has 0 radical (unpaired) electrons. The molecule has 0 spiro atoms. The van der Waals surface area contributed by atoms with Gasteiger partial charge in [-0.2, -0.15) is 0 Å². The molecule has 0 aliphatic heterocycles. The first-order valence-corrected chi connectivity index (χ1v) is 21.3. The van der Waals surface area contributed by atoms with Gasteiger partial charge in [0.05, 0.1) is 11.4 Å². The summed E-state index contributed by atoms with van der Waals surface area (Å²) in [5.41, 5.74) is 18.9. The van der Waals surface area contributed by atoms with Gasteiger partial charge in [-0.25, -0.2) is 9.97 Å². The quantitative estimate of drug-likeness (QED) is 0.174. The van der Waals surface area contributed by atoms with Crippen molar-refractivity contribution in [3.8, 4) is 67.3 Å². The summed E-state index contributed by atoms with van der Waals surface area (Å²) in [6.45, 7) is 7.11. The minimum Gasteiger partial charge on any atom is -0.228 e. The summed E-state index contributed by atoms with van der Waals surface area (Å²) in [4.78, 5) is 10.7. The van der Waals surface area contributed by atoms with E-state index in [0.717, 1.165) is 28.1 Å². The molecule has 0 saturated heterocycles. The Hall–Kier alpha value is -7.42. The fraction of sp³-hybridized carbons (Fsp3) is 0.0847. The van der Waals surface area contributed by atoms with E-state index in [-0.39, 0.29) is 10.8 Å². The van der Waals surface area contributed by atoms with Crippen LogP contribution in [0.4, 0.5) is 0 Å². The van der Waals surface area contributed by atoms with Crippen molar-refractivity contribution >= 4 is 21.5 Å². The minimum absolute atomic E-state index is 0.121. The Morgan fingerprint density at radius 3 is 1.74 bits per heavy atom. The van der Waals surface area contributed by atoms with Crippen molar-refractivity contribution in [1.29, 1.82) is 0 Å². The second-order valence-electron chi connectivity index (χ2n) is 17.4. The average Bonchev–Trinajstić information content (AvgIpc) is 3.71. The summed E-state index contributed by atoms with van der Waals surface area (Å²) in [6.07, 6.45) is 0. The van der Waals surface area contributed by atoms with E-state index in [4.69, 9.17) is 9.97 Å². The summed E-state index contributed by atoms with van der Waals surface area (Å²) in [7, 11) is 0. The highest BCUT2D eigenvalue weighted by Crippen LogP contribution is 2.55. The third-order valence-electron chi connectivity index (χ3n) is 13.8. The summed E-state index contributed by atoms with van der Waals surface area (Å²) < 4.78 is 0. The summed E-state index contributed by atoms with van der Waals surface area (Å²) in [5.74, 6) is 0.711. The van der Waals surface area contributed by atoms with E-state index in [9.17, 15) is 0 Å². The Kier molecular flexibility index (Phi) is 7.74. The smallest absolute Gasteiger partial charge is 0.160 e. The number of nitrogens with zero attached hydrogens (tertiary/aromatic N) is 2. The van der Waals surface area contributed by atoms with Crippen molar-refractivity contribution in [2.45, 2.75) is 31.6 Å². The second kappa shape index (κ2) is 13.3. The van der Waals surface area contributed by atoms with Gasteiger partial charge in [0.2, 0.25) is 0 Å². The Bertz CT molecular complexity index is 3400. The molecule has 1 heterocycles. The molecule has 1 aromatic heterocycles. The first-order valence-electron chi connectivity index (χ1n) is 21.3. The third-order valence-corrected chi connectivity index (χ3v) is 13.8. The molecule has 2 aliphatic carbocycles. The van der Waals surface area contributed by atoms with Crippen molar-refractivity contribution < 1.29 is 0 Å². The second-order valence-corrected chi connectivity index (χ2v) is 17.4. The number of fused-ring (bicyclic) bond motifs is 8. The molecule has 288 valence electrons. The first-order chi connectivity index (χ1) is 29.9. The van der Waals surface area contributed by atoms with Crippen LogP contribution in [0.25, 0.3) is 88.8 Å². The molecule has 2 nitrogen and oxygen atoms in total. The Morgan fingerprint density at radius 2 is 0.934 bits per heavy atom. The van der Waals surface area contributed by atoms with Gasteiger partial charge in [0, 0.05) is 27.5 Å². The van der Waals surface area contributed by atoms with Crippen LogP contribution in [0.15, 0.2) is 200 Å². The fourth-order valence-electron chi connectivity index (χ4n) is 10.6. The number of hydrogen-bond donors (Lipinski definition) is 0. The minimum atomic E-state index is -0.312. The maximum absolute atomic E-state index is 5.36. The van der Waals surface area contributed by atoms with Gasteiger partial charge >= 0.3 is 0 Å². The highest BCUT2D eigenvalue weighted by Gasteiger charge is 2.41. The van der Waals surface area contributed by atoms with Gasteiger partial charge in [0.25, 0.3) is 0 Å². The van der Waals surface area contributed by atoms with Crippen LogP contribution in [0.1, 0.15) is 48.6 Å². The molecule has 0 N–H and O–H groups in total. The van der Waals surface area contributed by atoms with Crippen molar-refractivity contribution in [3.05, 3.63) is 228 Å². The lowest BCUT2D eigenvalue weighted by Gasteiger charge is -2.28. The van der Waals surface area contributed by atoms with Crippen LogP contribution in [0.3, 0.4) is 0 Å². The maximum atomic E-state index is 5.36. The van der Waals surface area contributed by atoms with Gasteiger partial charge in [0.1, 0.15) is 0 Å². The van der Waals surface area contributed by atoms with Gasteiger partial charge in [-0.1, -0.05) is 190 Å². The molecule has 9 aromatic carbocycles. The summed E-state index contributed by atoms with van der Waals surface area (Å²) in [6, 6.07) is 73.2.